The normalized spacial score (nSPS) is 9.60. The molecule has 0 spiro atoms. The number of rotatable bonds is 4. The highest BCUT2D eigenvalue weighted by molar-refractivity contribution is 5.33. The zero-order chi connectivity index (χ0) is 14.8. The zero-order valence-corrected chi connectivity index (χ0v) is 11.4. The van der Waals surface area contributed by atoms with Gasteiger partial charge in [-0.1, -0.05) is 25.5 Å². The third-order valence-electron chi connectivity index (χ3n) is 2.51. The monoisotopic (exact) mass is 278 g/mol. The van der Waals surface area contributed by atoms with Crippen LogP contribution < -0.4 is 4.74 Å². The summed E-state index contributed by atoms with van der Waals surface area (Å²) < 4.78 is 18.3. The molecular formula is C16H19FO3. The second-order valence-electron chi connectivity index (χ2n) is 4.09. The molecule has 0 fully saturated rings. The van der Waals surface area contributed by atoms with E-state index in [9.17, 15) is 4.39 Å². The Morgan fingerprint density at radius 3 is 1.80 bits per heavy atom. The van der Waals surface area contributed by atoms with Crippen LogP contribution in [0.15, 0.2) is 48.5 Å². The van der Waals surface area contributed by atoms with Crippen LogP contribution in [0.4, 0.5) is 4.39 Å². The second-order valence-corrected chi connectivity index (χ2v) is 4.09. The summed E-state index contributed by atoms with van der Waals surface area (Å²) in [5, 5.41) is 14.2. The van der Waals surface area contributed by atoms with E-state index in [2.05, 4.69) is 19.1 Å². The lowest BCUT2D eigenvalue weighted by atomic mass is 10.1. The Morgan fingerprint density at radius 1 is 0.900 bits per heavy atom. The van der Waals surface area contributed by atoms with E-state index >= 15 is 0 Å². The van der Waals surface area contributed by atoms with Crippen LogP contribution in [-0.4, -0.2) is 17.0 Å². The van der Waals surface area contributed by atoms with Gasteiger partial charge in [-0.25, -0.2) is 4.39 Å². The van der Waals surface area contributed by atoms with Crippen molar-refractivity contribution in [1.82, 2.24) is 0 Å². The van der Waals surface area contributed by atoms with Crippen LogP contribution in [0.3, 0.4) is 0 Å². The van der Waals surface area contributed by atoms with Crippen molar-refractivity contribution in [3.63, 3.8) is 0 Å². The summed E-state index contributed by atoms with van der Waals surface area (Å²) in [7, 11) is 0. The molecule has 0 aromatic heterocycles. The summed E-state index contributed by atoms with van der Waals surface area (Å²) in [6.45, 7) is 1.41. The second kappa shape index (κ2) is 9.07. The van der Waals surface area contributed by atoms with Gasteiger partial charge in [-0.15, -0.1) is 0 Å². The van der Waals surface area contributed by atoms with Crippen LogP contribution in [-0.2, 0) is 6.42 Å². The van der Waals surface area contributed by atoms with Crippen molar-refractivity contribution in [3.8, 4) is 11.5 Å². The van der Waals surface area contributed by atoms with Gasteiger partial charge in [0.25, 0.3) is 0 Å². The van der Waals surface area contributed by atoms with Crippen molar-refractivity contribution in [3.05, 3.63) is 59.9 Å². The lowest BCUT2D eigenvalue weighted by Crippen LogP contribution is -1.86. The molecule has 4 heteroatoms. The Bertz CT molecular complexity index is 480. The predicted molar refractivity (Wildman–Crippen MR) is 76.2 cm³/mol. The van der Waals surface area contributed by atoms with Gasteiger partial charge in [0.05, 0.1) is 0 Å². The maximum atomic E-state index is 12.7. The molecule has 20 heavy (non-hydrogen) atoms. The fourth-order valence-corrected chi connectivity index (χ4v) is 1.65. The van der Waals surface area contributed by atoms with Crippen LogP contribution in [0.2, 0.25) is 0 Å². The molecule has 108 valence electrons. The van der Waals surface area contributed by atoms with Gasteiger partial charge in [-0.05, 0) is 48.4 Å². The van der Waals surface area contributed by atoms with E-state index in [1.54, 1.807) is 12.1 Å². The highest BCUT2D eigenvalue weighted by Gasteiger charge is 1.98. The standard InChI is InChI=1S/C15H15FO.CH4O2/c1-2-3-12-4-8-14(9-5-12)17-15-10-6-13(16)7-11-15;2-1-3/h4-11H,2-3H2,1H3;2-3H,1H2. The average Bonchev–Trinajstić information content (AvgIpc) is 2.45. The lowest BCUT2D eigenvalue weighted by Gasteiger charge is -2.06. The molecule has 0 unspecified atom stereocenters. The van der Waals surface area contributed by atoms with E-state index in [-0.39, 0.29) is 5.82 Å². The van der Waals surface area contributed by atoms with Gasteiger partial charge in [0, 0.05) is 0 Å². The predicted octanol–water partition coefficient (Wildman–Crippen LogP) is 3.50. The molecule has 0 aliphatic heterocycles. The minimum absolute atomic E-state index is 0.254. The van der Waals surface area contributed by atoms with Gasteiger partial charge >= 0.3 is 0 Å². The molecule has 0 amide bonds. The Labute approximate surface area is 118 Å². The zero-order valence-electron chi connectivity index (χ0n) is 11.4. The van der Waals surface area contributed by atoms with Crippen LogP contribution >= 0.6 is 0 Å². The first kappa shape index (κ1) is 16.1. The molecule has 0 saturated heterocycles. The minimum atomic E-state index is -0.750. The quantitative estimate of drug-likeness (QED) is 0.842. The third kappa shape index (κ3) is 5.82. The van der Waals surface area contributed by atoms with Gasteiger partial charge in [0.2, 0.25) is 0 Å². The molecule has 2 aromatic carbocycles. The summed E-state index contributed by atoms with van der Waals surface area (Å²) in [4.78, 5) is 0. The van der Waals surface area contributed by atoms with Crippen molar-refractivity contribution in [1.29, 1.82) is 0 Å². The molecule has 3 nitrogen and oxygen atoms in total. The highest BCUT2D eigenvalue weighted by atomic mass is 19.1. The Morgan fingerprint density at radius 2 is 1.35 bits per heavy atom. The maximum Gasteiger partial charge on any atom is 0.140 e. The first-order chi connectivity index (χ1) is 9.69. The molecule has 2 rings (SSSR count). The molecular weight excluding hydrogens is 259 g/mol. The van der Waals surface area contributed by atoms with E-state index < -0.39 is 6.79 Å². The number of ether oxygens (including phenoxy) is 1. The van der Waals surface area contributed by atoms with Crippen molar-refractivity contribution in [2.75, 3.05) is 6.79 Å². The van der Waals surface area contributed by atoms with Crippen molar-refractivity contribution in [2.45, 2.75) is 19.8 Å². The first-order valence-electron chi connectivity index (χ1n) is 6.43. The van der Waals surface area contributed by atoms with E-state index in [0.29, 0.717) is 5.75 Å². The van der Waals surface area contributed by atoms with Gasteiger partial charge in [0.15, 0.2) is 0 Å². The number of hydrogen-bond donors (Lipinski definition) is 2. The van der Waals surface area contributed by atoms with Crippen LogP contribution in [0.5, 0.6) is 11.5 Å². The van der Waals surface area contributed by atoms with Crippen LogP contribution in [0.1, 0.15) is 18.9 Å². The van der Waals surface area contributed by atoms with E-state index in [1.165, 1.54) is 17.7 Å². The van der Waals surface area contributed by atoms with E-state index in [4.69, 9.17) is 14.9 Å². The summed E-state index contributed by atoms with van der Waals surface area (Å²) in [5.74, 6) is 1.17. The van der Waals surface area contributed by atoms with Gasteiger partial charge < -0.3 is 14.9 Å². The van der Waals surface area contributed by atoms with E-state index in [1.807, 2.05) is 12.1 Å². The smallest absolute Gasteiger partial charge is 0.140 e. The summed E-state index contributed by atoms with van der Waals surface area (Å²) in [6.07, 6.45) is 2.22. The summed E-state index contributed by atoms with van der Waals surface area (Å²) in [6, 6.07) is 14.0. The fourth-order valence-electron chi connectivity index (χ4n) is 1.65. The molecule has 0 aliphatic rings. The Kier molecular flexibility index (Phi) is 7.32. The number of aliphatic hydroxyl groups is 2. The van der Waals surface area contributed by atoms with Crippen molar-refractivity contribution >= 4 is 0 Å². The van der Waals surface area contributed by atoms with Crippen molar-refractivity contribution < 1.29 is 19.3 Å². The number of benzene rings is 2. The van der Waals surface area contributed by atoms with Crippen LogP contribution in [0.25, 0.3) is 0 Å². The molecule has 0 bridgehead atoms. The molecule has 0 aliphatic carbocycles. The Balaban J connectivity index is 0.000000612. The minimum Gasteiger partial charge on any atom is -0.457 e. The molecule has 0 heterocycles. The van der Waals surface area contributed by atoms with E-state index in [0.717, 1.165) is 18.6 Å². The third-order valence-corrected chi connectivity index (χ3v) is 2.51. The topological polar surface area (TPSA) is 49.7 Å². The van der Waals surface area contributed by atoms with Crippen molar-refractivity contribution in [2.24, 2.45) is 0 Å². The first-order valence-corrected chi connectivity index (χ1v) is 6.43. The molecule has 0 radical (unpaired) electrons. The van der Waals surface area contributed by atoms with Crippen LogP contribution in [0, 0.1) is 5.82 Å². The maximum absolute atomic E-state index is 12.7. The molecule has 0 saturated carbocycles. The largest absolute Gasteiger partial charge is 0.457 e. The SMILES string of the molecule is CCCc1ccc(Oc2ccc(F)cc2)cc1.OCO. The van der Waals surface area contributed by atoms with Gasteiger partial charge in [0.1, 0.15) is 24.1 Å². The summed E-state index contributed by atoms with van der Waals surface area (Å²) in [5.41, 5.74) is 1.30. The molecule has 2 aromatic rings. The fraction of sp³-hybridized carbons (Fsp3) is 0.250. The number of aliphatic hydroxyl groups excluding tert-OH is 1. The average molecular weight is 278 g/mol. The molecule has 2 N–H and O–H groups in total. The number of hydrogen-bond acceptors (Lipinski definition) is 3. The number of aryl methyl sites for hydroxylation is 1. The van der Waals surface area contributed by atoms with Gasteiger partial charge in [-0.3, -0.25) is 0 Å². The Hall–Kier alpha value is -1.91. The lowest BCUT2D eigenvalue weighted by molar-refractivity contribution is 0.0773. The number of halogens is 1. The van der Waals surface area contributed by atoms with Gasteiger partial charge in [-0.2, -0.15) is 0 Å². The molecule has 0 atom stereocenters. The highest BCUT2D eigenvalue weighted by Crippen LogP contribution is 2.22. The summed E-state index contributed by atoms with van der Waals surface area (Å²) >= 11 is 0.